The molecule has 0 aliphatic carbocycles. The van der Waals surface area contributed by atoms with Crippen LogP contribution < -0.4 is 52.0 Å². The number of nitrogens with zero attached hydrogens (tertiary/aromatic N) is 11. The van der Waals surface area contributed by atoms with Crippen LogP contribution in [0.15, 0.2) is 116 Å². The van der Waals surface area contributed by atoms with E-state index >= 15 is 0 Å². The van der Waals surface area contributed by atoms with E-state index in [0.29, 0.717) is 52.8 Å². The fraction of sp³-hybridized carbons (Fsp3) is 0.408. The van der Waals surface area contributed by atoms with Crippen molar-refractivity contribution >= 4 is 117 Å². The Kier molecular flexibility index (Phi) is 29.6. The van der Waals surface area contributed by atoms with Crippen molar-refractivity contribution in [3.8, 4) is 11.5 Å². The van der Waals surface area contributed by atoms with E-state index < -0.39 is 84.0 Å². The smallest absolute Gasteiger partial charge is 0.415 e. The molecule has 7 aromatic rings. The van der Waals surface area contributed by atoms with Gasteiger partial charge in [-0.25, -0.2) is 38.4 Å². The molecule has 8 N–H and O–H groups in total. The maximum Gasteiger partial charge on any atom is 0.415 e. The van der Waals surface area contributed by atoms with Gasteiger partial charge in [-0.15, -0.1) is 16.7 Å². The minimum atomic E-state index is -1.15. The number of anilines is 3. The number of likely N-dealkylation sites (N-methyl/N-ethyl adjacent to an activating group) is 3. The first-order valence-electron chi connectivity index (χ1n) is 36.7. The number of piperazine rings is 1. The maximum absolute atomic E-state index is 14.5. The summed E-state index contributed by atoms with van der Waals surface area (Å²) in [7, 11) is 4.98. The summed E-state index contributed by atoms with van der Waals surface area (Å²) >= 11 is 6.61. The van der Waals surface area contributed by atoms with E-state index in [9.17, 15) is 57.5 Å². The highest BCUT2D eigenvalue weighted by Crippen LogP contribution is 2.47. The lowest BCUT2D eigenvalue weighted by atomic mass is 9.92. The van der Waals surface area contributed by atoms with Gasteiger partial charge in [-0.3, -0.25) is 33.7 Å². The van der Waals surface area contributed by atoms with Crippen molar-refractivity contribution in [2.75, 3.05) is 141 Å². The second kappa shape index (κ2) is 40.1. The minimum Gasteiger partial charge on any atom is -0.447 e. The number of amides is 13. The molecule has 0 radical (unpaired) electrons. The van der Waals surface area contributed by atoms with Crippen molar-refractivity contribution in [3.63, 3.8) is 0 Å². The number of halogens is 1. The number of fused-ring (bicyclic) bond motifs is 4. The summed E-state index contributed by atoms with van der Waals surface area (Å²) in [6.45, 7) is 8.53. The SMILES string of the molecule is Cc1cccc2c(OC(=O)N3CCN(C)CC3)cc3c(c12)[C@H](CCl)CN3C(=O)c1cn2cc(NC(=O)c3ccc(OC(=O)N(C)CCN(C)C(=O)OCc4ccc(NC(=O)[C@H](CCCNC(N)=O)NC(=O)[C@@H](NC(=O)OCCOCCn5cc(CNC(=O)OCCOCCN6C(=O)C=CC6=O)nn5)C(C)C)cc4)cc3)ccc2n1. The van der Waals surface area contributed by atoms with Gasteiger partial charge in [-0.1, -0.05) is 49.4 Å². The number of nitrogens with two attached hydrogens (primary N) is 1. The zero-order valence-corrected chi connectivity index (χ0v) is 64.5. The van der Waals surface area contributed by atoms with Crippen molar-refractivity contribution in [3.05, 3.63) is 149 Å². The first-order valence-corrected chi connectivity index (χ1v) is 37.3. The predicted octanol–water partition coefficient (Wildman–Crippen LogP) is 5.58. The highest BCUT2D eigenvalue weighted by atomic mass is 35.5. The van der Waals surface area contributed by atoms with Crippen LogP contribution in [-0.2, 0) is 62.6 Å². The molecule has 1 fully saturated rings. The fourth-order valence-electron chi connectivity index (χ4n) is 12.3. The molecule has 1 saturated heterocycles. The Labute approximate surface area is 659 Å². The molecule has 6 heterocycles. The molecule has 114 heavy (non-hydrogen) atoms. The lowest BCUT2D eigenvalue weighted by Gasteiger charge is -2.31. The van der Waals surface area contributed by atoms with Gasteiger partial charge in [0.25, 0.3) is 23.6 Å². The number of pyridine rings is 1. The number of carbonyl (C=O) groups is 12. The molecule has 37 nitrogen and oxygen atoms in total. The van der Waals surface area contributed by atoms with E-state index in [4.69, 9.17) is 50.5 Å². The van der Waals surface area contributed by atoms with E-state index in [1.807, 2.05) is 32.2 Å². The standard InChI is InChI=1S/C76H91ClN18O19/c1-47(2)66(85-73(104)111-38-36-108-33-31-93-44-54(86-87-93)41-80-72(103)110-37-35-109-34-32-94-62(96)22-23-63(94)97)69(100)84-57(11-8-24-79-71(78)102)68(99)81-52-16-12-49(13-17-52)46-112-74(105)89(5)27-28-90(6)75(106)113-55-19-14-50(15-20-55)67(98)82-53-18-21-61-83-58(45-92(61)43-53)70(101)95-42-51(40-77)65-59(95)39-60(56-10-7-9-48(3)64(56)65)114-76(107)91-29-25-88(4)26-30-91/h7,9-10,12-23,39,43-45,47,51,57,66H,8,11,24-38,40-42,46H2,1-6H3,(H,80,103)(H,81,99)(H,82,98)(H,84,100)(H,85,104)(H3,78,79,102)/t51-,57+,66+/m1/s1. The molecule has 10 rings (SSSR count). The van der Waals surface area contributed by atoms with E-state index in [2.05, 4.69) is 52.1 Å². The zero-order chi connectivity index (χ0) is 81.5. The summed E-state index contributed by atoms with van der Waals surface area (Å²) in [6, 6.07) is 20.0. The number of alkyl carbamates (subject to hydrolysis) is 2. The number of hydrogen-bond acceptors (Lipinski definition) is 23. The van der Waals surface area contributed by atoms with Crippen LogP contribution in [0.25, 0.3) is 16.4 Å². The van der Waals surface area contributed by atoms with Crippen molar-refractivity contribution in [1.82, 2.24) is 70.1 Å². The third kappa shape index (κ3) is 23.1. The van der Waals surface area contributed by atoms with Crippen molar-refractivity contribution < 1.29 is 90.7 Å². The second-order valence-corrected chi connectivity index (χ2v) is 27.6. The lowest BCUT2D eigenvalue weighted by molar-refractivity contribution is -0.137. The third-order valence-corrected chi connectivity index (χ3v) is 19.0. The van der Waals surface area contributed by atoms with Gasteiger partial charge in [0, 0.05) is 126 Å². The number of imidazole rings is 1. The molecular formula is C76H91ClN18O19. The number of carbonyl (C=O) groups excluding carboxylic acids is 12. The number of alkyl halides is 1. The molecule has 38 heteroatoms. The van der Waals surface area contributed by atoms with E-state index in [1.54, 1.807) is 89.1 Å². The number of primary amides is 1. The number of benzene rings is 4. The lowest BCUT2D eigenvalue weighted by Crippen LogP contribution is -2.54. The Morgan fingerprint density at radius 3 is 2.09 bits per heavy atom. The molecule has 13 amide bonds. The average Bonchev–Trinajstić information content (AvgIpc) is 1.47. The zero-order valence-electron chi connectivity index (χ0n) is 63.8. The highest BCUT2D eigenvalue weighted by molar-refractivity contribution is 6.19. The Hall–Kier alpha value is -12.5. The minimum absolute atomic E-state index is 0.0139. The molecule has 0 bridgehead atoms. The Balaban J connectivity index is 0.614. The number of aryl methyl sites for hydroxylation is 1. The van der Waals surface area contributed by atoms with Crippen LogP contribution in [0.5, 0.6) is 11.5 Å². The average molecular weight is 1600 g/mol. The molecule has 3 aliphatic heterocycles. The molecule has 0 spiro atoms. The van der Waals surface area contributed by atoms with E-state index in [0.717, 1.165) is 39.9 Å². The Morgan fingerprint density at radius 2 is 1.39 bits per heavy atom. The summed E-state index contributed by atoms with van der Waals surface area (Å²) < 4.78 is 41.5. The van der Waals surface area contributed by atoms with Gasteiger partial charge in [-0.2, -0.15) is 0 Å². The summed E-state index contributed by atoms with van der Waals surface area (Å²) in [5.41, 5.74) is 10.2. The normalized spacial score (nSPS) is 14.4. The van der Waals surface area contributed by atoms with Crippen LogP contribution in [0.4, 0.5) is 45.8 Å². The molecule has 0 unspecified atom stereocenters. The second-order valence-electron chi connectivity index (χ2n) is 27.3. The van der Waals surface area contributed by atoms with Gasteiger partial charge in [0.1, 0.15) is 60.4 Å². The van der Waals surface area contributed by atoms with Crippen molar-refractivity contribution in [1.29, 1.82) is 0 Å². The fourth-order valence-corrected chi connectivity index (χ4v) is 12.6. The quantitative estimate of drug-likeness (QED) is 0.0110. The Morgan fingerprint density at radius 1 is 0.711 bits per heavy atom. The predicted molar refractivity (Wildman–Crippen MR) is 413 cm³/mol. The topological polar surface area (TPSA) is 435 Å². The van der Waals surface area contributed by atoms with E-state index in [1.165, 1.54) is 65.0 Å². The summed E-state index contributed by atoms with van der Waals surface area (Å²) in [5.74, 6) is -2.97. The number of hydrogen-bond donors (Lipinski definition) is 7. The highest BCUT2D eigenvalue weighted by Gasteiger charge is 2.38. The molecule has 4 aromatic carbocycles. The van der Waals surface area contributed by atoms with Crippen LogP contribution in [0.2, 0.25) is 0 Å². The molecule has 606 valence electrons. The number of nitrogens with one attached hydrogen (secondary N) is 6. The van der Waals surface area contributed by atoms with Crippen LogP contribution in [-0.4, -0.2) is 258 Å². The van der Waals surface area contributed by atoms with Crippen LogP contribution in [0.1, 0.15) is 75.8 Å². The summed E-state index contributed by atoms with van der Waals surface area (Å²) in [5, 5.41) is 25.5. The van der Waals surface area contributed by atoms with Gasteiger partial charge in [0.15, 0.2) is 0 Å². The first kappa shape index (κ1) is 84.0. The third-order valence-electron chi connectivity index (χ3n) is 18.6. The maximum atomic E-state index is 14.5. The number of aromatic nitrogens is 5. The van der Waals surface area contributed by atoms with Crippen LogP contribution >= 0.6 is 11.6 Å². The number of urea groups is 1. The summed E-state index contributed by atoms with van der Waals surface area (Å²) in [4.78, 5) is 169. The first-order chi connectivity index (χ1) is 54.8. The molecule has 3 aliphatic rings. The number of imide groups is 1. The van der Waals surface area contributed by atoms with Gasteiger partial charge >= 0.3 is 36.5 Å². The van der Waals surface area contributed by atoms with Crippen molar-refractivity contribution in [2.45, 2.75) is 71.3 Å². The van der Waals surface area contributed by atoms with Gasteiger partial charge in [0.2, 0.25) is 11.8 Å². The molecule has 3 aromatic heterocycles. The largest absolute Gasteiger partial charge is 0.447 e. The Bertz CT molecular complexity index is 4670. The molecule has 0 saturated carbocycles. The van der Waals surface area contributed by atoms with Crippen molar-refractivity contribution in [2.24, 2.45) is 11.7 Å². The number of ether oxygens (including phenoxy) is 7. The summed E-state index contributed by atoms with van der Waals surface area (Å²) in [6.07, 6.45) is 3.88. The van der Waals surface area contributed by atoms with Gasteiger partial charge in [-0.05, 0) is 103 Å². The van der Waals surface area contributed by atoms with Crippen LogP contribution in [0, 0.1) is 12.8 Å². The number of rotatable bonds is 35. The molecular weight excluding hydrogens is 1500 g/mol. The van der Waals surface area contributed by atoms with Gasteiger partial charge < -0.3 is 99.7 Å². The van der Waals surface area contributed by atoms with E-state index in [-0.39, 0.29) is 140 Å². The van der Waals surface area contributed by atoms with Crippen LogP contribution in [0.3, 0.4) is 0 Å². The monoisotopic (exact) mass is 1590 g/mol. The van der Waals surface area contributed by atoms with Gasteiger partial charge in [0.05, 0.1) is 63.6 Å². The molecule has 3 atom stereocenters.